The first-order chi connectivity index (χ1) is 17.2. The normalized spacial score (nSPS) is 14.4. The summed E-state index contributed by atoms with van der Waals surface area (Å²) in [6.07, 6.45) is 1.76. The van der Waals surface area contributed by atoms with E-state index in [1.54, 1.807) is 48.5 Å². The molecule has 1 amide bonds. The highest BCUT2D eigenvalue weighted by atomic mass is 32.2. The molecule has 3 aromatic carbocycles. The van der Waals surface area contributed by atoms with Crippen LogP contribution in [0.1, 0.15) is 28.8 Å². The van der Waals surface area contributed by atoms with Crippen molar-refractivity contribution < 1.29 is 26.4 Å². The van der Waals surface area contributed by atoms with Gasteiger partial charge in [0.05, 0.1) is 17.8 Å². The molecular weight excluding hydrogens is 502 g/mol. The molecule has 0 spiro atoms. The van der Waals surface area contributed by atoms with Crippen LogP contribution in [0.15, 0.2) is 77.7 Å². The maximum absolute atomic E-state index is 12.7. The summed E-state index contributed by atoms with van der Waals surface area (Å²) in [5.41, 5.74) is 1.78. The van der Waals surface area contributed by atoms with Gasteiger partial charge in [0.25, 0.3) is 15.9 Å². The first kappa shape index (κ1) is 25.7. The molecule has 0 unspecified atom stereocenters. The van der Waals surface area contributed by atoms with Crippen LogP contribution in [0, 0.1) is 0 Å². The van der Waals surface area contributed by atoms with E-state index in [0.717, 1.165) is 12.8 Å². The van der Waals surface area contributed by atoms with Gasteiger partial charge in [0, 0.05) is 30.0 Å². The average molecular weight is 530 g/mol. The SMILES string of the molecule is COc1ccc(NS(=O)(=O)c2ccc(NC(=O)c3ccc(CS(=O)(=O)N4CCCC4)cc3)cc2)cc1. The highest BCUT2D eigenvalue weighted by Crippen LogP contribution is 2.21. The molecule has 1 aliphatic heterocycles. The lowest BCUT2D eigenvalue weighted by atomic mass is 10.1. The number of carbonyl (C=O) groups excluding carboxylic acids is 1. The van der Waals surface area contributed by atoms with Gasteiger partial charge in [0.1, 0.15) is 5.75 Å². The Kier molecular flexibility index (Phi) is 7.62. The number of nitrogens with one attached hydrogen (secondary N) is 2. The number of hydrogen-bond donors (Lipinski definition) is 2. The molecule has 0 radical (unpaired) electrons. The molecule has 190 valence electrons. The number of amides is 1. The van der Waals surface area contributed by atoms with Gasteiger partial charge in [-0.05, 0) is 79.1 Å². The van der Waals surface area contributed by atoms with Gasteiger partial charge in [-0.1, -0.05) is 12.1 Å². The Morgan fingerprint density at radius 3 is 2.00 bits per heavy atom. The third kappa shape index (κ3) is 6.23. The van der Waals surface area contributed by atoms with Crippen molar-refractivity contribution >= 4 is 37.3 Å². The first-order valence-corrected chi connectivity index (χ1v) is 14.4. The number of benzene rings is 3. The van der Waals surface area contributed by atoms with Crippen LogP contribution < -0.4 is 14.8 Å². The maximum atomic E-state index is 12.7. The number of methoxy groups -OCH3 is 1. The molecule has 9 nitrogen and oxygen atoms in total. The average Bonchev–Trinajstić information content (AvgIpc) is 3.41. The van der Waals surface area contributed by atoms with Gasteiger partial charge in [0.2, 0.25) is 10.0 Å². The van der Waals surface area contributed by atoms with Crippen LogP contribution in [0.5, 0.6) is 5.75 Å². The smallest absolute Gasteiger partial charge is 0.261 e. The van der Waals surface area contributed by atoms with Crippen molar-refractivity contribution in [2.45, 2.75) is 23.5 Å². The lowest BCUT2D eigenvalue weighted by Gasteiger charge is -2.15. The molecule has 1 saturated heterocycles. The number of hydrogen-bond acceptors (Lipinski definition) is 6. The molecule has 0 aliphatic carbocycles. The number of rotatable bonds is 9. The number of sulfonamides is 2. The van der Waals surface area contributed by atoms with Gasteiger partial charge < -0.3 is 10.1 Å². The molecule has 36 heavy (non-hydrogen) atoms. The van der Waals surface area contributed by atoms with Crippen molar-refractivity contribution in [1.82, 2.24) is 4.31 Å². The molecule has 4 rings (SSSR count). The molecule has 1 heterocycles. The monoisotopic (exact) mass is 529 g/mol. The molecule has 2 N–H and O–H groups in total. The zero-order valence-corrected chi connectivity index (χ0v) is 21.3. The van der Waals surface area contributed by atoms with Gasteiger partial charge in [0.15, 0.2) is 0 Å². The van der Waals surface area contributed by atoms with Crippen molar-refractivity contribution in [3.05, 3.63) is 83.9 Å². The summed E-state index contributed by atoms with van der Waals surface area (Å²) in [5, 5.41) is 2.72. The minimum Gasteiger partial charge on any atom is -0.497 e. The van der Waals surface area contributed by atoms with Crippen LogP contribution in [0.3, 0.4) is 0 Å². The van der Waals surface area contributed by atoms with Crippen molar-refractivity contribution in [3.8, 4) is 5.75 Å². The lowest BCUT2D eigenvalue weighted by molar-refractivity contribution is 0.102. The standard InChI is InChI=1S/C25H27N3O6S2/c1-34-23-12-8-22(9-13-23)27-36(32,33)24-14-10-21(11-15-24)26-25(29)20-6-4-19(5-7-20)18-35(30,31)28-16-2-3-17-28/h4-15,27H,2-3,16-18H2,1H3,(H,26,29). The topological polar surface area (TPSA) is 122 Å². The zero-order chi connectivity index (χ0) is 25.8. The van der Waals surface area contributed by atoms with Gasteiger partial charge in [-0.15, -0.1) is 0 Å². The molecule has 0 bridgehead atoms. The van der Waals surface area contributed by atoms with Crippen molar-refractivity contribution in [3.63, 3.8) is 0 Å². The highest BCUT2D eigenvalue weighted by molar-refractivity contribution is 7.92. The Bertz CT molecular complexity index is 1410. The molecule has 1 aliphatic rings. The summed E-state index contributed by atoms with van der Waals surface area (Å²) in [7, 11) is -5.65. The predicted octanol–water partition coefficient (Wildman–Crippen LogP) is 3.67. The van der Waals surface area contributed by atoms with Crippen LogP contribution in [-0.4, -0.2) is 47.2 Å². The fraction of sp³-hybridized carbons (Fsp3) is 0.240. The molecule has 3 aromatic rings. The summed E-state index contributed by atoms with van der Waals surface area (Å²) in [4.78, 5) is 12.7. The highest BCUT2D eigenvalue weighted by Gasteiger charge is 2.25. The second-order valence-corrected chi connectivity index (χ2v) is 12.0. The van der Waals surface area contributed by atoms with Crippen LogP contribution in [0.4, 0.5) is 11.4 Å². The summed E-state index contributed by atoms with van der Waals surface area (Å²) in [6, 6.07) is 18.7. The zero-order valence-electron chi connectivity index (χ0n) is 19.7. The quantitative estimate of drug-likeness (QED) is 0.436. The van der Waals surface area contributed by atoms with E-state index in [2.05, 4.69) is 10.0 Å². The predicted molar refractivity (Wildman–Crippen MR) is 138 cm³/mol. The third-order valence-electron chi connectivity index (χ3n) is 5.79. The first-order valence-electron chi connectivity index (χ1n) is 11.3. The number of ether oxygens (including phenoxy) is 1. The van der Waals surface area contributed by atoms with Gasteiger partial charge in [-0.2, -0.15) is 0 Å². The van der Waals surface area contributed by atoms with Crippen LogP contribution >= 0.6 is 0 Å². The van der Waals surface area contributed by atoms with E-state index >= 15 is 0 Å². The molecule has 1 fully saturated rings. The largest absolute Gasteiger partial charge is 0.497 e. The number of carbonyl (C=O) groups is 1. The molecule has 0 atom stereocenters. The minimum atomic E-state index is -3.81. The summed E-state index contributed by atoms with van der Waals surface area (Å²) in [6.45, 7) is 1.11. The number of anilines is 2. The van der Waals surface area contributed by atoms with E-state index in [-0.39, 0.29) is 10.6 Å². The molecular formula is C25H27N3O6S2. The fourth-order valence-electron chi connectivity index (χ4n) is 3.81. The van der Waals surface area contributed by atoms with E-state index < -0.39 is 26.0 Å². The third-order valence-corrected chi connectivity index (χ3v) is 9.04. The second-order valence-electron chi connectivity index (χ2n) is 8.37. The summed E-state index contributed by atoms with van der Waals surface area (Å²) < 4.78 is 59.3. The Labute approximate surface area is 211 Å². The Morgan fingerprint density at radius 1 is 0.833 bits per heavy atom. The second kappa shape index (κ2) is 10.7. The van der Waals surface area contributed by atoms with Crippen LogP contribution in [0.2, 0.25) is 0 Å². The van der Waals surface area contributed by atoms with E-state index in [1.807, 2.05) is 0 Å². The van der Waals surface area contributed by atoms with Gasteiger partial charge in [-0.3, -0.25) is 9.52 Å². The Hall–Kier alpha value is -3.41. The van der Waals surface area contributed by atoms with Crippen LogP contribution in [-0.2, 0) is 25.8 Å². The molecule has 11 heteroatoms. The lowest BCUT2D eigenvalue weighted by Crippen LogP contribution is -2.29. The van der Waals surface area contributed by atoms with Crippen molar-refractivity contribution in [2.75, 3.05) is 30.2 Å². The van der Waals surface area contributed by atoms with E-state index in [1.165, 1.54) is 35.7 Å². The van der Waals surface area contributed by atoms with E-state index in [9.17, 15) is 21.6 Å². The van der Waals surface area contributed by atoms with E-state index in [0.29, 0.717) is 41.3 Å². The van der Waals surface area contributed by atoms with Crippen molar-refractivity contribution in [1.29, 1.82) is 0 Å². The van der Waals surface area contributed by atoms with Crippen molar-refractivity contribution in [2.24, 2.45) is 0 Å². The fourth-order valence-corrected chi connectivity index (χ4v) is 6.48. The summed E-state index contributed by atoms with van der Waals surface area (Å²) in [5.74, 6) is 0.116. The number of nitrogens with zero attached hydrogens (tertiary/aromatic N) is 1. The Morgan fingerprint density at radius 2 is 1.42 bits per heavy atom. The summed E-state index contributed by atoms with van der Waals surface area (Å²) >= 11 is 0. The van der Waals surface area contributed by atoms with Gasteiger partial charge in [-0.25, -0.2) is 21.1 Å². The van der Waals surface area contributed by atoms with E-state index in [4.69, 9.17) is 4.74 Å². The molecule has 0 saturated carbocycles. The molecule has 0 aromatic heterocycles. The van der Waals surface area contributed by atoms with Crippen LogP contribution in [0.25, 0.3) is 0 Å². The Balaban J connectivity index is 1.37. The minimum absolute atomic E-state index is 0.0416. The van der Waals surface area contributed by atoms with Gasteiger partial charge >= 0.3 is 0 Å². The maximum Gasteiger partial charge on any atom is 0.261 e.